The summed E-state index contributed by atoms with van der Waals surface area (Å²) in [4.78, 5) is 2.27. The Morgan fingerprint density at radius 3 is 1.32 bits per heavy atom. The lowest BCUT2D eigenvalue weighted by Crippen LogP contribution is -2.10. The van der Waals surface area contributed by atoms with Gasteiger partial charge in [-0.3, -0.25) is 0 Å². The third kappa shape index (κ3) is 5.87. The van der Waals surface area contributed by atoms with E-state index in [0.29, 0.717) is 0 Å². The average molecular weight is 515 g/mol. The molecule has 0 bridgehead atoms. The Labute approximate surface area is 236 Å². The molecule has 0 saturated carbocycles. The van der Waals surface area contributed by atoms with Gasteiger partial charge in [-0.15, -0.1) is 0 Å². The summed E-state index contributed by atoms with van der Waals surface area (Å²) in [6.45, 7) is 0. The van der Waals surface area contributed by atoms with E-state index in [1.165, 1.54) is 22.3 Å². The molecule has 0 aliphatic heterocycles. The van der Waals surface area contributed by atoms with Gasteiger partial charge in [-0.05, 0) is 70.8 Å². The number of hydrogen-bond acceptors (Lipinski definition) is 2. The zero-order valence-electron chi connectivity index (χ0n) is 22.2. The fourth-order valence-corrected chi connectivity index (χ4v) is 4.82. The van der Waals surface area contributed by atoms with Crippen LogP contribution in [-0.4, -0.2) is 0 Å². The molecule has 0 radical (unpaired) electrons. The van der Waals surface area contributed by atoms with Gasteiger partial charge in [-0.2, -0.15) is 0 Å². The van der Waals surface area contributed by atoms with E-state index in [1.54, 1.807) is 0 Å². The van der Waals surface area contributed by atoms with Crippen molar-refractivity contribution in [3.8, 4) is 11.1 Å². The van der Waals surface area contributed by atoms with Crippen LogP contribution in [0.25, 0.3) is 16.7 Å². The van der Waals surface area contributed by atoms with Gasteiger partial charge in [0.05, 0.1) is 0 Å². The Balaban J connectivity index is 1.34. The van der Waals surface area contributed by atoms with E-state index >= 15 is 0 Å². The molecule has 0 amide bonds. The van der Waals surface area contributed by atoms with Crippen molar-refractivity contribution in [3.63, 3.8) is 0 Å². The highest BCUT2D eigenvalue weighted by Crippen LogP contribution is 2.33. The summed E-state index contributed by atoms with van der Waals surface area (Å²) in [6.07, 6.45) is 2.25. The summed E-state index contributed by atoms with van der Waals surface area (Å²) in [5, 5.41) is 3.46. The molecule has 0 fully saturated rings. The van der Waals surface area contributed by atoms with Gasteiger partial charge in [-0.25, -0.2) is 0 Å². The summed E-state index contributed by atoms with van der Waals surface area (Å²) in [5.74, 6) is 0. The molecule has 40 heavy (non-hydrogen) atoms. The number of hydrogen-bond donors (Lipinski definition) is 1. The number of rotatable bonds is 8. The van der Waals surface area contributed by atoms with Crippen LogP contribution in [0.2, 0.25) is 0 Å². The first kappa shape index (κ1) is 25.0. The molecule has 192 valence electrons. The molecular formula is C38H30N2. The number of benzene rings is 6. The van der Waals surface area contributed by atoms with Gasteiger partial charge in [-0.1, -0.05) is 121 Å². The topological polar surface area (TPSA) is 15.3 Å². The summed E-state index contributed by atoms with van der Waals surface area (Å²) in [5.41, 5.74) is 10.2. The Morgan fingerprint density at radius 1 is 0.400 bits per heavy atom. The number of para-hydroxylation sites is 2. The van der Waals surface area contributed by atoms with E-state index < -0.39 is 0 Å². The van der Waals surface area contributed by atoms with Gasteiger partial charge in [0.1, 0.15) is 0 Å². The minimum Gasteiger partial charge on any atom is -0.356 e. The van der Waals surface area contributed by atoms with Crippen molar-refractivity contribution in [1.29, 1.82) is 0 Å². The standard InChI is InChI=1S/C38H30N2/c1-5-13-32(14-6-1)38(33-15-7-2-8-16-33)29-40(36-19-11-4-12-20-36)37-27-23-31(24-28-37)30-21-25-35(26-22-30)39-34-17-9-3-10-18-34/h1-29,39H. The lowest BCUT2D eigenvalue weighted by atomic mass is 9.98. The maximum Gasteiger partial charge on any atom is 0.0456 e. The van der Waals surface area contributed by atoms with E-state index in [-0.39, 0.29) is 0 Å². The van der Waals surface area contributed by atoms with Crippen molar-refractivity contribution in [1.82, 2.24) is 0 Å². The van der Waals surface area contributed by atoms with Gasteiger partial charge in [0.25, 0.3) is 0 Å². The molecule has 6 aromatic carbocycles. The Kier molecular flexibility index (Phi) is 7.50. The van der Waals surface area contributed by atoms with Crippen LogP contribution in [-0.2, 0) is 0 Å². The SMILES string of the molecule is C(=C(c1ccccc1)c1ccccc1)N(c1ccccc1)c1ccc(-c2ccc(Nc3ccccc3)cc2)cc1. The highest BCUT2D eigenvalue weighted by Gasteiger charge is 2.12. The zero-order valence-corrected chi connectivity index (χ0v) is 22.2. The summed E-state index contributed by atoms with van der Waals surface area (Å²) < 4.78 is 0. The predicted octanol–water partition coefficient (Wildman–Crippen LogP) is 10.3. The van der Waals surface area contributed by atoms with Crippen LogP contribution in [0.5, 0.6) is 0 Å². The summed E-state index contributed by atoms with van der Waals surface area (Å²) in [7, 11) is 0. The van der Waals surface area contributed by atoms with Gasteiger partial charge in [0.2, 0.25) is 0 Å². The second kappa shape index (κ2) is 12.0. The van der Waals surface area contributed by atoms with Crippen molar-refractivity contribution in [3.05, 3.63) is 187 Å². The quantitative estimate of drug-likeness (QED) is 0.217. The predicted molar refractivity (Wildman–Crippen MR) is 170 cm³/mol. The van der Waals surface area contributed by atoms with Crippen LogP contribution in [0.4, 0.5) is 22.7 Å². The summed E-state index contributed by atoms with van der Waals surface area (Å²) >= 11 is 0. The van der Waals surface area contributed by atoms with E-state index in [2.05, 4.69) is 168 Å². The summed E-state index contributed by atoms with van der Waals surface area (Å²) in [6, 6.07) is 59.3. The van der Waals surface area contributed by atoms with E-state index in [0.717, 1.165) is 28.3 Å². The number of anilines is 4. The van der Waals surface area contributed by atoms with Crippen molar-refractivity contribution in [2.24, 2.45) is 0 Å². The Morgan fingerprint density at radius 2 is 0.800 bits per heavy atom. The van der Waals surface area contributed by atoms with Gasteiger partial charge in [0.15, 0.2) is 0 Å². The van der Waals surface area contributed by atoms with Crippen molar-refractivity contribution in [2.45, 2.75) is 0 Å². The highest BCUT2D eigenvalue weighted by molar-refractivity contribution is 5.84. The van der Waals surface area contributed by atoms with Crippen molar-refractivity contribution < 1.29 is 0 Å². The molecule has 0 unspecified atom stereocenters. The van der Waals surface area contributed by atoms with E-state index in [1.807, 2.05) is 18.2 Å². The first-order valence-corrected chi connectivity index (χ1v) is 13.5. The molecule has 2 heteroatoms. The van der Waals surface area contributed by atoms with E-state index in [9.17, 15) is 0 Å². The first-order chi connectivity index (χ1) is 19.8. The Hall–Kier alpha value is -5.34. The number of nitrogens with one attached hydrogen (secondary N) is 1. The molecule has 0 saturated heterocycles. The zero-order chi connectivity index (χ0) is 27.0. The normalized spacial score (nSPS) is 10.5. The molecule has 0 aromatic heterocycles. The Bertz CT molecular complexity index is 1620. The van der Waals surface area contributed by atoms with Crippen LogP contribution in [0.1, 0.15) is 11.1 Å². The first-order valence-electron chi connectivity index (χ1n) is 13.5. The minimum absolute atomic E-state index is 1.07. The minimum atomic E-state index is 1.07. The van der Waals surface area contributed by atoms with Gasteiger partial charge >= 0.3 is 0 Å². The highest BCUT2D eigenvalue weighted by atomic mass is 15.1. The molecule has 0 aliphatic carbocycles. The van der Waals surface area contributed by atoms with Crippen LogP contribution in [0.3, 0.4) is 0 Å². The van der Waals surface area contributed by atoms with Gasteiger partial charge in [0, 0.05) is 34.5 Å². The van der Waals surface area contributed by atoms with Crippen LogP contribution < -0.4 is 10.2 Å². The average Bonchev–Trinajstić information content (AvgIpc) is 3.04. The molecule has 1 N–H and O–H groups in total. The monoisotopic (exact) mass is 514 g/mol. The second-order valence-electron chi connectivity index (χ2n) is 9.60. The molecule has 0 heterocycles. The second-order valence-corrected chi connectivity index (χ2v) is 9.60. The van der Waals surface area contributed by atoms with E-state index in [4.69, 9.17) is 0 Å². The maximum absolute atomic E-state index is 3.46. The molecule has 2 nitrogen and oxygen atoms in total. The van der Waals surface area contributed by atoms with Crippen LogP contribution in [0.15, 0.2) is 176 Å². The van der Waals surface area contributed by atoms with Crippen molar-refractivity contribution >= 4 is 28.3 Å². The maximum atomic E-state index is 3.46. The van der Waals surface area contributed by atoms with Crippen LogP contribution in [0, 0.1) is 0 Å². The largest absolute Gasteiger partial charge is 0.356 e. The number of nitrogens with zero attached hydrogens (tertiary/aromatic N) is 1. The fraction of sp³-hybridized carbons (Fsp3) is 0. The van der Waals surface area contributed by atoms with Gasteiger partial charge < -0.3 is 10.2 Å². The smallest absolute Gasteiger partial charge is 0.0456 e. The molecule has 0 spiro atoms. The lowest BCUT2D eigenvalue weighted by Gasteiger charge is -2.23. The van der Waals surface area contributed by atoms with Crippen molar-refractivity contribution in [2.75, 3.05) is 10.2 Å². The fourth-order valence-electron chi connectivity index (χ4n) is 4.82. The molecule has 0 atom stereocenters. The molecule has 0 aliphatic rings. The third-order valence-corrected chi connectivity index (χ3v) is 6.89. The van der Waals surface area contributed by atoms with Crippen LogP contribution >= 0.6 is 0 Å². The molecule has 6 rings (SSSR count). The lowest BCUT2D eigenvalue weighted by molar-refractivity contribution is 1.28. The molecule has 6 aromatic rings. The molecular weight excluding hydrogens is 484 g/mol. The third-order valence-electron chi connectivity index (χ3n) is 6.89.